The molecule has 3 aromatic heterocycles. The van der Waals surface area contributed by atoms with Gasteiger partial charge in [0.25, 0.3) is 0 Å². The first-order chi connectivity index (χ1) is 14.8. The van der Waals surface area contributed by atoms with Gasteiger partial charge in [0.05, 0.1) is 45.8 Å². The van der Waals surface area contributed by atoms with Crippen LogP contribution in [0.5, 0.6) is 0 Å². The lowest BCUT2D eigenvalue weighted by Gasteiger charge is -2.15. The van der Waals surface area contributed by atoms with Gasteiger partial charge in [-0.25, -0.2) is 9.37 Å². The lowest BCUT2D eigenvalue weighted by molar-refractivity contribution is -0.115. The monoisotopic (exact) mass is 461 g/mol. The zero-order valence-corrected chi connectivity index (χ0v) is 18.9. The number of halogens is 2. The van der Waals surface area contributed by atoms with Crippen LogP contribution in [0.15, 0.2) is 24.8 Å². The van der Waals surface area contributed by atoms with Gasteiger partial charge in [-0.1, -0.05) is 11.6 Å². The number of nitrogens with one attached hydrogen (secondary N) is 3. The molecule has 1 amide bonds. The van der Waals surface area contributed by atoms with Crippen molar-refractivity contribution in [3.8, 4) is 11.3 Å². The summed E-state index contributed by atoms with van der Waals surface area (Å²) in [5, 5.41) is 13.2. The number of aromatic amines is 1. The number of hydrogen-bond acceptors (Lipinski definition) is 6. The summed E-state index contributed by atoms with van der Waals surface area (Å²) in [6.45, 7) is 5.64. The number of aromatic nitrogens is 5. The second kappa shape index (κ2) is 8.35. The molecule has 31 heavy (non-hydrogen) atoms. The van der Waals surface area contributed by atoms with E-state index in [1.165, 1.54) is 11.8 Å². The molecule has 1 unspecified atom stereocenters. The Morgan fingerprint density at radius 2 is 2.06 bits per heavy atom. The molecule has 3 N–H and O–H groups in total. The Balaban J connectivity index is 1.79. The van der Waals surface area contributed by atoms with Crippen LogP contribution in [0.25, 0.3) is 27.8 Å². The molecule has 1 aromatic carbocycles. The third-order valence-corrected chi connectivity index (χ3v) is 6.07. The molecule has 0 spiro atoms. The Labute approximate surface area is 187 Å². The average Bonchev–Trinajstić information content (AvgIpc) is 3.36. The quantitative estimate of drug-likeness (QED) is 0.388. The Morgan fingerprint density at radius 1 is 1.29 bits per heavy atom. The van der Waals surface area contributed by atoms with E-state index in [4.69, 9.17) is 11.6 Å². The maximum atomic E-state index is 15.1. The van der Waals surface area contributed by atoms with E-state index in [-0.39, 0.29) is 27.9 Å². The number of carbonyl (C=O) groups excluding carboxylic acids is 1. The van der Waals surface area contributed by atoms with Crippen LogP contribution in [0, 0.1) is 5.82 Å². The van der Waals surface area contributed by atoms with Crippen molar-refractivity contribution in [2.75, 3.05) is 16.9 Å². The molecule has 0 saturated carbocycles. The van der Waals surface area contributed by atoms with E-state index in [0.29, 0.717) is 33.6 Å². The van der Waals surface area contributed by atoms with Gasteiger partial charge in [0, 0.05) is 23.2 Å². The SMILES string of the molecule is CSC(C)C(=O)Nc1cn2cc(-c3c(Cl)c(F)c(NC(C)C)c4[nH]ncc34)ncc2n1. The maximum absolute atomic E-state index is 15.1. The van der Waals surface area contributed by atoms with Crippen LogP contribution >= 0.6 is 23.4 Å². The van der Waals surface area contributed by atoms with Gasteiger partial charge in [0.2, 0.25) is 5.91 Å². The van der Waals surface area contributed by atoms with E-state index in [0.717, 1.165) is 0 Å². The van der Waals surface area contributed by atoms with Gasteiger partial charge in [-0.05, 0) is 27.0 Å². The van der Waals surface area contributed by atoms with E-state index >= 15 is 4.39 Å². The molecule has 0 bridgehead atoms. The molecular formula is C20H21ClFN7OS. The van der Waals surface area contributed by atoms with Crippen LogP contribution in [0.3, 0.4) is 0 Å². The van der Waals surface area contributed by atoms with E-state index in [1.807, 2.05) is 27.0 Å². The molecule has 0 aliphatic carbocycles. The van der Waals surface area contributed by atoms with Gasteiger partial charge in [-0.2, -0.15) is 16.9 Å². The fraction of sp³-hybridized carbons (Fsp3) is 0.300. The van der Waals surface area contributed by atoms with E-state index in [9.17, 15) is 4.79 Å². The molecule has 8 nitrogen and oxygen atoms in total. The number of carbonyl (C=O) groups is 1. The number of hydrogen-bond donors (Lipinski definition) is 3. The maximum Gasteiger partial charge on any atom is 0.238 e. The molecule has 0 fully saturated rings. The lowest BCUT2D eigenvalue weighted by atomic mass is 10.1. The highest BCUT2D eigenvalue weighted by Gasteiger charge is 2.23. The van der Waals surface area contributed by atoms with Crippen LogP contribution in [0.1, 0.15) is 20.8 Å². The smallest absolute Gasteiger partial charge is 0.238 e. The molecule has 1 atom stereocenters. The fourth-order valence-corrected chi connectivity index (χ4v) is 3.78. The standard InChI is InChI=1S/C20H21ClFN7OS/c1-9(2)25-19-17(22)16(21)15(11-5-24-28-18(11)19)12-7-29-8-13(26-14(29)6-23-12)27-20(30)10(3)31-4/h5-10,25H,1-4H3,(H,24,28)(H,27,30). The van der Waals surface area contributed by atoms with Crippen molar-refractivity contribution in [3.63, 3.8) is 0 Å². The zero-order valence-electron chi connectivity index (χ0n) is 17.3. The number of thioether (sulfide) groups is 1. The van der Waals surface area contributed by atoms with Crippen molar-refractivity contribution in [2.24, 2.45) is 0 Å². The Bertz CT molecular complexity index is 1290. The molecule has 4 aromatic rings. The number of imidazole rings is 1. The Kier molecular flexibility index (Phi) is 5.76. The van der Waals surface area contributed by atoms with Crippen molar-refractivity contribution in [2.45, 2.75) is 32.1 Å². The summed E-state index contributed by atoms with van der Waals surface area (Å²) in [5.74, 6) is -0.303. The third-order valence-electron chi connectivity index (χ3n) is 4.79. The van der Waals surface area contributed by atoms with Crippen molar-refractivity contribution in [1.29, 1.82) is 0 Å². The van der Waals surface area contributed by atoms with Gasteiger partial charge in [0.15, 0.2) is 17.3 Å². The molecule has 3 heterocycles. The molecule has 0 radical (unpaired) electrons. The lowest BCUT2D eigenvalue weighted by Crippen LogP contribution is -2.22. The molecule has 162 valence electrons. The highest BCUT2D eigenvalue weighted by molar-refractivity contribution is 7.99. The van der Waals surface area contributed by atoms with E-state index in [1.54, 1.807) is 29.2 Å². The largest absolute Gasteiger partial charge is 0.379 e. The average molecular weight is 462 g/mol. The van der Waals surface area contributed by atoms with Crippen molar-refractivity contribution in [3.05, 3.63) is 35.6 Å². The highest BCUT2D eigenvalue weighted by atomic mass is 35.5. The van der Waals surface area contributed by atoms with Gasteiger partial charge in [-0.3, -0.25) is 14.9 Å². The summed E-state index contributed by atoms with van der Waals surface area (Å²) in [7, 11) is 0. The molecule has 4 rings (SSSR count). The van der Waals surface area contributed by atoms with Crippen molar-refractivity contribution in [1.82, 2.24) is 24.6 Å². The first-order valence-corrected chi connectivity index (χ1v) is 11.3. The van der Waals surface area contributed by atoms with E-state index < -0.39 is 5.82 Å². The van der Waals surface area contributed by atoms with Gasteiger partial charge < -0.3 is 15.0 Å². The number of nitrogens with zero attached hydrogens (tertiary/aromatic N) is 4. The fourth-order valence-electron chi connectivity index (χ4n) is 3.21. The normalized spacial score (nSPS) is 12.6. The van der Waals surface area contributed by atoms with Gasteiger partial charge in [0.1, 0.15) is 0 Å². The van der Waals surface area contributed by atoms with Crippen LogP contribution in [0.2, 0.25) is 5.02 Å². The van der Waals surface area contributed by atoms with Crippen molar-refractivity contribution >= 4 is 57.3 Å². The van der Waals surface area contributed by atoms with Crippen LogP contribution in [0.4, 0.5) is 15.9 Å². The van der Waals surface area contributed by atoms with Gasteiger partial charge >= 0.3 is 0 Å². The summed E-state index contributed by atoms with van der Waals surface area (Å²) in [5.41, 5.74) is 2.19. The Morgan fingerprint density at radius 3 is 2.77 bits per heavy atom. The van der Waals surface area contributed by atoms with Crippen LogP contribution in [-0.2, 0) is 4.79 Å². The van der Waals surface area contributed by atoms with Crippen LogP contribution < -0.4 is 10.6 Å². The first-order valence-electron chi connectivity index (χ1n) is 9.59. The molecule has 11 heteroatoms. The number of H-pyrrole nitrogens is 1. The minimum absolute atomic E-state index is 0.00537. The topological polar surface area (TPSA) is 100 Å². The minimum Gasteiger partial charge on any atom is -0.379 e. The van der Waals surface area contributed by atoms with Crippen molar-refractivity contribution < 1.29 is 9.18 Å². The van der Waals surface area contributed by atoms with E-state index in [2.05, 4.69) is 30.8 Å². The second-order valence-corrected chi connectivity index (χ2v) is 8.92. The molecule has 0 saturated heterocycles. The van der Waals surface area contributed by atoms with Crippen LogP contribution in [-0.4, -0.2) is 48.0 Å². The zero-order chi connectivity index (χ0) is 22.3. The number of rotatable bonds is 6. The highest BCUT2D eigenvalue weighted by Crippen LogP contribution is 2.40. The summed E-state index contributed by atoms with van der Waals surface area (Å²) < 4.78 is 16.9. The molecular weight excluding hydrogens is 441 g/mol. The first kappa shape index (κ1) is 21.4. The number of benzene rings is 1. The number of anilines is 2. The van der Waals surface area contributed by atoms with Gasteiger partial charge in [-0.15, -0.1) is 0 Å². The minimum atomic E-state index is -0.575. The summed E-state index contributed by atoms with van der Waals surface area (Å²) >= 11 is 7.89. The summed E-state index contributed by atoms with van der Waals surface area (Å²) in [4.78, 5) is 20.9. The third kappa shape index (κ3) is 3.92. The number of amides is 1. The predicted molar refractivity (Wildman–Crippen MR) is 123 cm³/mol. The molecule has 0 aliphatic rings. The predicted octanol–water partition coefficient (Wildman–Crippen LogP) is 4.58. The second-order valence-electron chi connectivity index (χ2n) is 7.37. The Hall–Kier alpha value is -2.85. The summed E-state index contributed by atoms with van der Waals surface area (Å²) in [6.07, 6.45) is 8.38. The molecule has 0 aliphatic heterocycles. The number of fused-ring (bicyclic) bond motifs is 2. The summed E-state index contributed by atoms with van der Waals surface area (Å²) in [6, 6.07) is 0.00537.